The Morgan fingerprint density at radius 1 is 1.25 bits per heavy atom. The van der Waals surface area contributed by atoms with Gasteiger partial charge >= 0.3 is 0 Å². The first-order valence-electron chi connectivity index (χ1n) is 7.14. The van der Waals surface area contributed by atoms with Crippen LogP contribution in [0.1, 0.15) is 6.42 Å². The molecule has 1 amide bonds. The van der Waals surface area contributed by atoms with Crippen LogP contribution in [0, 0.1) is 0 Å². The average Bonchev–Trinajstić information content (AvgIpc) is 3.15. The van der Waals surface area contributed by atoms with Crippen molar-refractivity contribution in [2.24, 2.45) is 0 Å². The summed E-state index contributed by atoms with van der Waals surface area (Å²) in [5.74, 6) is 0.449. The molecule has 1 aliphatic rings. The maximum atomic E-state index is 12.5. The molecule has 0 radical (unpaired) electrons. The Bertz CT molecular complexity index is 849. The Morgan fingerprint density at radius 2 is 1.96 bits per heavy atom. The number of hydrogen-bond acceptors (Lipinski definition) is 5. The van der Waals surface area contributed by atoms with Gasteiger partial charge in [-0.1, -0.05) is 0 Å². The molecule has 1 saturated heterocycles. The molecule has 2 heterocycles. The lowest BCUT2D eigenvalue weighted by molar-refractivity contribution is -0.118. The first kappa shape index (κ1) is 17.4. The van der Waals surface area contributed by atoms with Crippen molar-refractivity contribution in [3.05, 3.63) is 40.2 Å². The van der Waals surface area contributed by atoms with Gasteiger partial charge in [-0.25, -0.2) is 8.42 Å². The zero-order chi connectivity index (χ0) is 17.3. The Kier molecular flexibility index (Phi) is 4.95. The number of rotatable bonds is 5. The number of nitrogens with zero attached hydrogens (tertiary/aromatic N) is 1. The molecule has 9 heteroatoms. The van der Waals surface area contributed by atoms with Gasteiger partial charge < -0.3 is 9.64 Å². The van der Waals surface area contributed by atoms with E-state index in [9.17, 15) is 13.2 Å². The fourth-order valence-electron chi connectivity index (χ4n) is 2.50. The van der Waals surface area contributed by atoms with Gasteiger partial charge in [0.2, 0.25) is 5.91 Å². The molecule has 0 saturated carbocycles. The number of ether oxygens (including phenoxy) is 1. The number of anilines is 1. The third kappa shape index (κ3) is 3.49. The Labute approximate surface area is 152 Å². The van der Waals surface area contributed by atoms with Crippen molar-refractivity contribution in [1.29, 1.82) is 0 Å². The maximum Gasteiger partial charge on any atom is 0.250 e. The highest BCUT2D eigenvalue weighted by molar-refractivity contribution is 9.11. The zero-order valence-electron chi connectivity index (χ0n) is 12.7. The molecule has 1 aromatic carbocycles. The molecule has 2 aromatic rings. The minimum atomic E-state index is -3.70. The van der Waals surface area contributed by atoms with Crippen LogP contribution in [0.5, 0.6) is 5.75 Å². The SMILES string of the molecule is COc1ccc(N2CC[C@H](NS(=O)(=O)c3ccc(Br)s3)C2=O)cc1. The van der Waals surface area contributed by atoms with Crippen LogP contribution in [0.25, 0.3) is 0 Å². The smallest absolute Gasteiger partial charge is 0.250 e. The molecule has 3 rings (SSSR count). The lowest BCUT2D eigenvalue weighted by atomic mass is 10.2. The Balaban J connectivity index is 1.74. The summed E-state index contributed by atoms with van der Waals surface area (Å²) in [5, 5.41) is 0. The number of nitrogens with one attached hydrogen (secondary N) is 1. The van der Waals surface area contributed by atoms with Crippen molar-refractivity contribution in [2.45, 2.75) is 16.7 Å². The third-order valence-electron chi connectivity index (χ3n) is 3.70. The van der Waals surface area contributed by atoms with E-state index in [0.717, 1.165) is 20.8 Å². The van der Waals surface area contributed by atoms with E-state index >= 15 is 0 Å². The van der Waals surface area contributed by atoms with Gasteiger partial charge in [-0.15, -0.1) is 11.3 Å². The number of amides is 1. The number of halogens is 1. The van der Waals surface area contributed by atoms with Crippen LogP contribution in [0.2, 0.25) is 0 Å². The summed E-state index contributed by atoms with van der Waals surface area (Å²) in [7, 11) is -2.13. The van der Waals surface area contributed by atoms with E-state index in [-0.39, 0.29) is 10.1 Å². The predicted octanol–water partition coefficient (Wildman–Crippen LogP) is 2.60. The molecule has 128 valence electrons. The lowest BCUT2D eigenvalue weighted by Gasteiger charge is -2.17. The maximum absolute atomic E-state index is 12.5. The number of methoxy groups -OCH3 is 1. The fraction of sp³-hybridized carbons (Fsp3) is 0.267. The molecule has 0 bridgehead atoms. The normalized spacial score (nSPS) is 18.2. The highest BCUT2D eigenvalue weighted by Gasteiger charge is 2.36. The number of hydrogen-bond donors (Lipinski definition) is 1. The summed E-state index contributed by atoms with van der Waals surface area (Å²) in [6.07, 6.45) is 0.427. The molecule has 1 aliphatic heterocycles. The first-order chi connectivity index (χ1) is 11.4. The monoisotopic (exact) mass is 430 g/mol. The largest absolute Gasteiger partial charge is 0.497 e. The second-order valence-electron chi connectivity index (χ2n) is 5.21. The van der Waals surface area contributed by atoms with Crippen LogP contribution in [-0.2, 0) is 14.8 Å². The molecular formula is C15H15BrN2O4S2. The van der Waals surface area contributed by atoms with Crippen molar-refractivity contribution in [1.82, 2.24) is 4.72 Å². The van der Waals surface area contributed by atoms with E-state index in [1.807, 2.05) is 0 Å². The highest BCUT2D eigenvalue weighted by Crippen LogP contribution is 2.28. The summed E-state index contributed by atoms with van der Waals surface area (Å²) in [6.45, 7) is 0.465. The summed E-state index contributed by atoms with van der Waals surface area (Å²) in [5.41, 5.74) is 0.723. The van der Waals surface area contributed by atoms with Gasteiger partial charge in [0.1, 0.15) is 16.0 Å². The average molecular weight is 431 g/mol. The Hall–Kier alpha value is -1.42. The summed E-state index contributed by atoms with van der Waals surface area (Å²) >= 11 is 4.35. The van der Waals surface area contributed by atoms with Crippen LogP contribution in [0.3, 0.4) is 0 Å². The van der Waals surface area contributed by atoms with Crippen molar-refractivity contribution < 1.29 is 17.9 Å². The molecule has 1 aromatic heterocycles. The van der Waals surface area contributed by atoms with Crippen molar-refractivity contribution in [2.75, 3.05) is 18.6 Å². The highest BCUT2D eigenvalue weighted by atomic mass is 79.9. The van der Waals surface area contributed by atoms with E-state index in [1.165, 1.54) is 6.07 Å². The van der Waals surface area contributed by atoms with Gasteiger partial charge in [-0.3, -0.25) is 4.79 Å². The van der Waals surface area contributed by atoms with Crippen LogP contribution < -0.4 is 14.4 Å². The van der Waals surface area contributed by atoms with Crippen LogP contribution >= 0.6 is 27.3 Å². The van der Waals surface area contributed by atoms with Crippen molar-refractivity contribution in [3.63, 3.8) is 0 Å². The van der Waals surface area contributed by atoms with E-state index in [0.29, 0.717) is 18.7 Å². The molecule has 0 unspecified atom stereocenters. The van der Waals surface area contributed by atoms with E-state index in [4.69, 9.17) is 4.74 Å². The Morgan fingerprint density at radius 3 is 2.54 bits per heavy atom. The van der Waals surface area contributed by atoms with Crippen LogP contribution in [-0.4, -0.2) is 34.0 Å². The zero-order valence-corrected chi connectivity index (χ0v) is 15.9. The summed E-state index contributed by atoms with van der Waals surface area (Å²) < 4.78 is 33.2. The lowest BCUT2D eigenvalue weighted by Crippen LogP contribution is -2.41. The summed E-state index contributed by atoms with van der Waals surface area (Å²) in [4.78, 5) is 14.1. The topological polar surface area (TPSA) is 75.7 Å². The standard InChI is InChI=1S/C15H15BrN2O4S2/c1-22-11-4-2-10(3-5-11)18-9-8-12(15(18)19)17-24(20,21)14-7-6-13(16)23-14/h2-7,12,17H,8-9H2,1H3/t12-/m0/s1. The molecule has 0 aliphatic carbocycles. The second kappa shape index (κ2) is 6.83. The van der Waals surface area contributed by atoms with Crippen LogP contribution in [0.15, 0.2) is 44.4 Å². The summed E-state index contributed by atoms with van der Waals surface area (Å²) in [6, 6.07) is 9.52. The molecule has 1 atom stereocenters. The van der Waals surface area contributed by atoms with Crippen LogP contribution in [0.4, 0.5) is 5.69 Å². The predicted molar refractivity (Wildman–Crippen MR) is 96.1 cm³/mol. The molecule has 1 fully saturated rings. The number of thiophene rings is 1. The van der Waals surface area contributed by atoms with E-state index in [2.05, 4.69) is 20.7 Å². The quantitative estimate of drug-likeness (QED) is 0.790. The van der Waals surface area contributed by atoms with Gasteiger partial charge in [0.25, 0.3) is 10.0 Å². The number of sulfonamides is 1. The van der Waals surface area contributed by atoms with Crippen molar-refractivity contribution in [3.8, 4) is 5.75 Å². The molecule has 24 heavy (non-hydrogen) atoms. The molecule has 1 N–H and O–H groups in total. The van der Waals surface area contributed by atoms with E-state index in [1.54, 1.807) is 42.3 Å². The van der Waals surface area contributed by atoms with E-state index < -0.39 is 16.1 Å². The number of carbonyl (C=O) groups is 1. The molecular weight excluding hydrogens is 416 g/mol. The fourth-order valence-corrected chi connectivity index (χ4v) is 5.75. The first-order valence-corrected chi connectivity index (χ1v) is 10.2. The van der Waals surface area contributed by atoms with Gasteiger partial charge in [0.05, 0.1) is 10.9 Å². The minimum absolute atomic E-state index is 0.185. The van der Waals surface area contributed by atoms with Gasteiger partial charge in [-0.05, 0) is 58.7 Å². The number of benzene rings is 1. The molecule has 6 nitrogen and oxygen atoms in total. The van der Waals surface area contributed by atoms with Gasteiger partial charge in [-0.2, -0.15) is 4.72 Å². The van der Waals surface area contributed by atoms with Gasteiger partial charge in [0, 0.05) is 12.2 Å². The molecule has 0 spiro atoms. The second-order valence-corrected chi connectivity index (χ2v) is 9.61. The minimum Gasteiger partial charge on any atom is -0.497 e. The van der Waals surface area contributed by atoms with Gasteiger partial charge in [0.15, 0.2) is 0 Å². The number of carbonyl (C=O) groups excluding carboxylic acids is 1. The van der Waals surface area contributed by atoms with Crippen molar-refractivity contribution >= 4 is 48.9 Å². The third-order valence-corrected chi connectivity index (χ3v) is 7.29.